The lowest BCUT2D eigenvalue weighted by Crippen LogP contribution is -1.91. The molecule has 114 valence electrons. The van der Waals surface area contributed by atoms with E-state index in [2.05, 4.69) is 25.3 Å². The SMILES string of the molecule is CCc1noc(C(C)Sc2n[nH]c(-c3ccccc3F)n2)n1. The summed E-state index contributed by atoms with van der Waals surface area (Å²) in [6.07, 6.45) is 0.721. The Hall–Kier alpha value is -2.22. The first-order chi connectivity index (χ1) is 10.7. The monoisotopic (exact) mass is 319 g/mol. The van der Waals surface area contributed by atoms with Crippen LogP contribution >= 0.6 is 11.8 Å². The van der Waals surface area contributed by atoms with Crippen molar-refractivity contribution >= 4 is 11.8 Å². The molecule has 0 saturated heterocycles. The molecule has 0 radical (unpaired) electrons. The van der Waals surface area contributed by atoms with Crippen LogP contribution in [0, 0.1) is 5.82 Å². The standard InChI is InChI=1S/C14H14FN5OS/c1-3-11-16-13(21-20-11)8(2)22-14-17-12(18-19-14)9-6-4-5-7-10(9)15/h4-8H,3H2,1-2H3,(H,17,18,19). The molecule has 0 bridgehead atoms. The van der Waals surface area contributed by atoms with Gasteiger partial charge in [-0.1, -0.05) is 36.0 Å². The van der Waals surface area contributed by atoms with Crippen LogP contribution in [-0.2, 0) is 6.42 Å². The molecule has 2 aromatic heterocycles. The molecule has 0 aliphatic heterocycles. The third kappa shape index (κ3) is 3.01. The van der Waals surface area contributed by atoms with E-state index in [0.717, 1.165) is 6.42 Å². The first kappa shape index (κ1) is 14.7. The highest BCUT2D eigenvalue weighted by Gasteiger charge is 2.18. The zero-order valence-electron chi connectivity index (χ0n) is 12.1. The maximum atomic E-state index is 13.7. The smallest absolute Gasteiger partial charge is 0.239 e. The number of aromatic nitrogens is 5. The van der Waals surface area contributed by atoms with E-state index in [4.69, 9.17) is 4.52 Å². The number of aryl methyl sites for hydroxylation is 1. The summed E-state index contributed by atoms with van der Waals surface area (Å²) in [6, 6.07) is 6.42. The summed E-state index contributed by atoms with van der Waals surface area (Å²) in [4.78, 5) is 8.58. The van der Waals surface area contributed by atoms with Gasteiger partial charge in [-0.25, -0.2) is 9.37 Å². The van der Waals surface area contributed by atoms with Crippen molar-refractivity contribution in [3.63, 3.8) is 0 Å². The molecule has 6 nitrogen and oxygen atoms in total. The molecule has 3 aromatic rings. The van der Waals surface area contributed by atoms with Gasteiger partial charge < -0.3 is 4.52 Å². The fourth-order valence-electron chi connectivity index (χ4n) is 1.86. The lowest BCUT2D eigenvalue weighted by molar-refractivity contribution is 0.375. The lowest BCUT2D eigenvalue weighted by Gasteiger charge is -2.01. The van der Waals surface area contributed by atoms with Crippen molar-refractivity contribution in [1.82, 2.24) is 25.3 Å². The van der Waals surface area contributed by atoms with Gasteiger partial charge in [0.1, 0.15) is 5.82 Å². The zero-order valence-corrected chi connectivity index (χ0v) is 12.9. The number of benzene rings is 1. The first-order valence-electron chi connectivity index (χ1n) is 6.83. The molecule has 1 atom stereocenters. The van der Waals surface area contributed by atoms with Gasteiger partial charge >= 0.3 is 0 Å². The average molecular weight is 319 g/mol. The molecule has 8 heteroatoms. The summed E-state index contributed by atoms with van der Waals surface area (Å²) >= 11 is 1.37. The van der Waals surface area contributed by atoms with Crippen molar-refractivity contribution in [1.29, 1.82) is 0 Å². The molecule has 0 spiro atoms. The van der Waals surface area contributed by atoms with E-state index in [9.17, 15) is 4.39 Å². The number of hydrogen-bond acceptors (Lipinski definition) is 6. The average Bonchev–Trinajstić information content (AvgIpc) is 3.16. The van der Waals surface area contributed by atoms with E-state index in [1.165, 1.54) is 17.8 Å². The molecule has 22 heavy (non-hydrogen) atoms. The molecule has 1 unspecified atom stereocenters. The Morgan fingerprint density at radius 3 is 2.86 bits per heavy atom. The van der Waals surface area contributed by atoms with Crippen LogP contribution in [-0.4, -0.2) is 25.3 Å². The summed E-state index contributed by atoms with van der Waals surface area (Å²) < 4.78 is 18.9. The van der Waals surface area contributed by atoms with Gasteiger partial charge in [0.25, 0.3) is 0 Å². The number of thioether (sulfide) groups is 1. The Labute approximate surface area is 130 Å². The second kappa shape index (κ2) is 6.27. The van der Waals surface area contributed by atoms with Gasteiger partial charge in [-0.05, 0) is 19.1 Å². The van der Waals surface area contributed by atoms with Gasteiger partial charge in [0.05, 0.1) is 10.8 Å². The van der Waals surface area contributed by atoms with E-state index in [1.807, 2.05) is 13.8 Å². The van der Waals surface area contributed by atoms with Crippen LogP contribution < -0.4 is 0 Å². The Bertz CT molecular complexity index is 772. The van der Waals surface area contributed by atoms with E-state index < -0.39 is 0 Å². The topological polar surface area (TPSA) is 80.5 Å². The third-order valence-corrected chi connectivity index (χ3v) is 3.97. The largest absolute Gasteiger partial charge is 0.338 e. The number of nitrogens with one attached hydrogen (secondary N) is 1. The maximum absolute atomic E-state index is 13.7. The Kier molecular flexibility index (Phi) is 4.19. The molecule has 0 fully saturated rings. The van der Waals surface area contributed by atoms with Gasteiger partial charge in [0, 0.05) is 6.42 Å². The van der Waals surface area contributed by atoms with E-state index in [0.29, 0.717) is 28.3 Å². The maximum Gasteiger partial charge on any atom is 0.239 e. The first-order valence-corrected chi connectivity index (χ1v) is 7.71. The number of aromatic amines is 1. The fourth-order valence-corrected chi connectivity index (χ4v) is 2.61. The van der Waals surface area contributed by atoms with Crippen molar-refractivity contribution < 1.29 is 8.91 Å². The van der Waals surface area contributed by atoms with E-state index >= 15 is 0 Å². The lowest BCUT2D eigenvalue weighted by atomic mass is 10.2. The van der Waals surface area contributed by atoms with Gasteiger partial charge in [-0.15, -0.1) is 5.10 Å². The summed E-state index contributed by atoms with van der Waals surface area (Å²) in [5.41, 5.74) is 0.389. The van der Waals surface area contributed by atoms with Crippen molar-refractivity contribution in [3.05, 3.63) is 41.8 Å². The number of nitrogens with zero attached hydrogens (tertiary/aromatic N) is 4. The minimum atomic E-state index is -0.340. The van der Waals surface area contributed by atoms with Gasteiger partial charge in [0.15, 0.2) is 11.6 Å². The summed E-state index contributed by atoms with van der Waals surface area (Å²) in [5, 5.41) is 11.1. The van der Waals surface area contributed by atoms with Crippen LogP contribution in [0.15, 0.2) is 33.9 Å². The minimum Gasteiger partial charge on any atom is -0.338 e. The third-order valence-electron chi connectivity index (χ3n) is 3.02. The quantitative estimate of drug-likeness (QED) is 0.726. The molecule has 1 N–H and O–H groups in total. The van der Waals surface area contributed by atoms with Gasteiger partial charge in [-0.2, -0.15) is 4.98 Å². The molecular formula is C14H14FN5OS. The fraction of sp³-hybridized carbons (Fsp3) is 0.286. The number of rotatable bonds is 5. The van der Waals surface area contributed by atoms with E-state index in [-0.39, 0.29) is 11.1 Å². The minimum absolute atomic E-state index is 0.0860. The van der Waals surface area contributed by atoms with Crippen LogP contribution in [0.2, 0.25) is 0 Å². The van der Waals surface area contributed by atoms with Crippen molar-refractivity contribution in [2.45, 2.75) is 30.7 Å². The molecule has 1 aromatic carbocycles. The zero-order chi connectivity index (χ0) is 15.5. The highest BCUT2D eigenvalue weighted by Crippen LogP contribution is 2.32. The van der Waals surface area contributed by atoms with Crippen molar-refractivity contribution in [2.75, 3.05) is 0 Å². The summed E-state index contributed by atoms with van der Waals surface area (Å²) in [5.74, 6) is 1.25. The number of hydrogen-bond donors (Lipinski definition) is 1. The van der Waals surface area contributed by atoms with Crippen LogP contribution in [0.3, 0.4) is 0 Å². The molecule has 0 amide bonds. The van der Waals surface area contributed by atoms with Gasteiger partial charge in [0.2, 0.25) is 11.0 Å². The molecule has 0 aliphatic rings. The summed E-state index contributed by atoms with van der Waals surface area (Å²) in [7, 11) is 0. The van der Waals surface area contributed by atoms with Crippen LogP contribution in [0.4, 0.5) is 4.39 Å². The molecule has 2 heterocycles. The molecule has 0 saturated carbocycles. The Morgan fingerprint density at radius 1 is 1.32 bits per heavy atom. The molecular weight excluding hydrogens is 305 g/mol. The van der Waals surface area contributed by atoms with E-state index in [1.54, 1.807) is 18.2 Å². The second-order valence-corrected chi connectivity index (χ2v) is 5.92. The number of halogens is 1. The second-order valence-electron chi connectivity index (χ2n) is 4.61. The van der Waals surface area contributed by atoms with Crippen molar-refractivity contribution in [3.8, 4) is 11.4 Å². The van der Waals surface area contributed by atoms with Crippen LogP contribution in [0.1, 0.15) is 30.8 Å². The van der Waals surface area contributed by atoms with Gasteiger partial charge in [-0.3, -0.25) is 5.10 Å². The predicted octanol–water partition coefficient (Wildman–Crippen LogP) is 3.41. The summed E-state index contributed by atoms with van der Waals surface area (Å²) in [6.45, 7) is 3.89. The number of H-pyrrole nitrogens is 1. The van der Waals surface area contributed by atoms with Crippen LogP contribution in [0.25, 0.3) is 11.4 Å². The molecule has 0 aliphatic carbocycles. The van der Waals surface area contributed by atoms with Crippen molar-refractivity contribution in [2.24, 2.45) is 0 Å². The Morgan fingerprint density at radius 2 is 2.14 bits per heavy atom. The van der Waals surface area contributed by atoms with Crippen LogP contribution in [0.5, 0.6) is 0 Å². The normalized spacial score (nSPS) is 12.5. The predicted molar refractivity (Wildman–Crippen MR) is 79.7 cm³/mol. The highest BCUT2D eigenvalue weighted by atomic mass is 32.2. The Balaban J connectivity index is 1.75. The highest BCUT2D eigenvalue weighted by molar-refractivity contribution is 7.99. The molecule has 3 rings (SSSR count).